The van der Waals surface area contributed by atoms with E-state index >= 15 is 0 Å². The summed E-state index contributed by atoms with van der Waals surface area (Å²) >= 11 is 5.90. The molecule has 0 saturated carbocycles. The summed E-state index contributed by atoms with van der Waals surface area (Å²) in [4.78, 5) is 8.37. The van der Waals surface area contributed by atoms with Crippen LogP contribution in [0.15, 0.2) is 24.3 Å². The number of anilines is 1. The molecule has 0 radical (unpaired) electrons. The highest BCUT2D eigenvalue weighted by Crippen LogP contribution is 2.21. The van der Waals surface area contributed by atoms with Gasteiger partial charge < -0.3 is 14.8 Å². The third kappa shape index (κ3) is 4.02. The smallest absolute Gasteiger partial charge is 0.224 e. The normalized spacial score (nSPS) is 10.8. The molecule has 1 aromatic carbocycles. The molecule has 0 atom stereocenters. The predicted octanol–water partition coefficient (Wildman–Crippen LogP) is 2.36. The molecule has 0 saturated heterocycles. The molecule has 0 aliphatic heterocycles. The highest BCUT2D eigenvalue weighted by Gasteiger charge is 2.05. The van der Waals surface area contributed by atoms with Gasteiger partial charge in [0.05, 0.1) is 25.3 Å². The van der Waals surface area contributed by atoms with E-state index in [-0.39, 0.29) is 5.28 Å². The zero-order valence-electron chi connectivity index (χ0n) is 10.7. The Bertz CT molecular complexity index is 536. The Balaban J connectivity index is 1.96. The van der Waals surface area contributed by atoms with E-state index in [1.807, 2.05) is 24.3 Å². The van der Waals surface area contributed by atoms with E-state index < -0.39 is 0 Å². The molecule has 102 valence electrons. The molecule has 0 unspecified atom stereocenters. The van der Waals surface area contributed by atoms with Gasteiger partial charge in [0, 0.05) is 19.0 Å². The van der Waals surface area contributed by atoms with Gasteiger partial charge >= 0.3 is 0 Å². The lowest BCUT2D eigenvalue weighted by molar-refractivity contribution is 0.0759. The topological polar surface area (TPSA) is 56.3 Å². The average molecular weight is 282 g/mol. The van der Waals surface area contributed by atoms with Crippen molar-refractivity contribution in [2.24, 2.45) is 0 Å². The van der Waals surface area contributed by atoms with E-state index in [1.54, 1.807) is 7.11 Å². The minimum absolute atomic E-state index is 0.238. The number of hydrogen-bond acceptors (Lipinski definition) is 5. The molecule has 0 aliphatic rings. The molecule has 19 heavy (non-hydrogen) atoms. The van der Waals surface area contributed by atoms with Gasteiger partial charge in [0.25, 0.3) is 0 Å². The quantitative estimate of drug-likeness (QED) is 0.624. The Labute approximate surface area is 116 Å². The lowest BCUT2D eigenvalue weighted by Gasteiger charge is -2.09. The molecule has 5 nitrogen and oxygen atoms in total. The van der Waals surface area contributed by atoms with Crippen LogP contribution in [-0.2, 0) is 9.47 Å². The van der Waals surface area contributed by atoms with Crippen LogP contribution >= 0.6 is 11.6 Å². The van der Waals surface area contributed by atoms with Gasteiger partial charge in [-0.05, 0) is 23.7 Å². The number of halogens is 1. The Morgan fingerprint density at radius 2 is 2.00 bits per heavy atom. The molecule has 0 bridgehead atoms. The lowest BCUT2D eigenvalue weighted by atomic mass is 10.2. The van der Waals surface area contributed by atoms with Crippen LogP contribution in [0.5, 0.6) is 0 Å². The van der Waals surface area contributed by atoms with Gasteiger partial charge in [-0.1, -0.05) is 12.1 Å². The van der Waals surface area contributed by atoms with E-state index in [1.165, 1.54) is 0 Å². The minimum Gasteiger partial charge on any atom is -0.382 e. The fourth-order valence-electron chi connectivity index (χ4n) is 1.67. The molecule has 0 amide bonds. The van der Waals surface area contributed by atoms with Crippen LogP contribution in [0, 0.1) is 0 Å². The largest absolute Gasteiger partial charge is 0.382 e. The number of benzene rings is 1. The van der Waals surface area contributed by atoms with Gasteiger partial charge in [-0.25, -0.2) is 9.97 Å². The van der Waals surface area contributed by atoms with Gasteiger partial charge in [-0.3, -0.25) is 0 Å². The van der Waals surface area contributed by atoms with E-state index in [4.69, 9.17) is 21.1 Å². The molecular formula is C13H16ClN3O2. The molecule has 2 aromatic rings. The van der Waals surface area contributed by atoms with Gasteiger partial charge in [0.15, 0.2) is 0 Å². The highest BCUT2D eigenvalue weighted by molar-refractivity contribution is 6.28. The zero-order valence-corrected chi connectivity index (χ0v) is 11.5. The third-order valence-electron chi connectivity index (χ3n) is 2.55. The van der Waals surface area contributed by atoms with Crippen LogP contribution in [0.4, 0.5) is 5.82 Å². The molecule has 1 N–H and O–H groups in total. The maximum absolute atomic E-state index is 5.90. The fraction of sp³-hybridized carbons (Fsp3) is 0.385. The van der Waals surface area contributed by atoms with Crippen LogP contribution in [0.25, 0.3) is 10.9 Å². The Kier molecular flexibility index (Phi) is 5.32. The number of para-hydroxylation sites is 1. The van der Waals surface area contributed by atoms with E-state index in [9.17, 15) is 0 Å². The Morgan fingerprint density at radius 3 is 2.84 bits per heavy atom. The van der Waals surface area contributed by atoms with Gasteiger partial charge in [0.2, 0.25) is 5.28 Å². The number of ether oxygens (including phenoxy) is 2. The molecule has 2 rings (SSSR count). The molecule has 6 heteroatoms. The first-order chi connectivity index (χ1) is 9.31. The summed E-state index contributed by atoms with van der Waals surface area (Å²) in [5.41, 5.74) is 0.824. The molecule has 0 spiro atoms. The summed E-state index contributed by atoms with van der Waals surface area (Å²) in [7, 11) is 1.65. The molecule has 0 aliphatic carbocycles. The maximum atomic E-state index is 5.90. The van der Waals surface area contributed by atoms with Crippen LogP contribution in [0.3, 0.4) is 0 Å². The summed E-state index contributed by atoms with van der Waals surface area (Å²) in [5.74, 6) is 0.728. The Hall–Kier alpha value is -1.43. The first-order valence-corrected chi connectivity index (χ1v) is 6.42. The predicted molar refractivity (Wildman–Crippen MR) is 75.7 cm³/mol. The molecule has 0 fully saturated rings. The fourth-order valence-corrected chi connectivity index (χ4v) is 1.84. The van der Waals surface area contributed by atoms with Crippen molar-refractivity contribution < 1.29 is 9.47 Å². The van der Waals surface area contributed by atoms with Crippen LogP contribution in [-0.4, -0.2) is 43.4 Å². The number of aromatic nitrogens is 2. The van der Waals surface area contributed by atoms with Crippen molar-refractivity contribution in [3.05, 3.63) is 29.5 Å². The second kappa shape index (κ2) is 7.23. The number of methoxy groups -OCH3 is 1. The van der Waals surface area contributed by atoms with E-state index in [2.05, 4.69) is 15.3 Å². The maximum Gasteiger partial charge on any atom is 0.224 e. The summed E-state index contributed by atoms with van der Waals surface area (Å²) in [6.45, 7) is 2.42. The van der Waals surface area contributed by atoms with Crippen molar-refractivity contribution >= 4 is 28.3 Å². The molecular weight excluding hydrogens is 266 g/mol. The second-order valence-corrected chi connectivity index (χ2v) is 4.23. The number of fused-ring (bicyclic) bond motifs is 1. The van der Waals surface area contributed by atoms with Crippen LogP contribution in [0.2, 0.25) is 5.28 Å². The van der Waals surface area contributed by atoms with Crippen LogP contribution in [0.1, 0.15) is 0 Å². The number of hydrogen-bond donors (Lipinski definition) is 1. The highest BCUT2D eigenvalue weighted by atomic mass is 35.5. The van der Waals surface area contributed by atoms with Crippen molar-refractivity contribution in [1.29, 1.82) is 0 Å². The third-order valence-corrected chi connectivity index (χ3v) is 2.72. The number of nitrogens with zero attached hydrogens (tertiary/aromatic N) is 2. The van der Waals surface area contributed by atoms with Crippen molar-refractivity contribution in [1.82, 2.24) is 9.97 Å². The Morgan fingerprint density at radius 1 is 1.16 bits per heavy atom. The molecule has 1 aromatic heterocycles. The van der Waals surface area contributed by atoms with Gasteiger partial charge in [-0.15, -0.1) is 0 Å². The van der Waals surface area contributed by atoms with Crippen molar-refractivity contribution in [3.8, 4) is 0 Å². The standard InChI is InChI=1S/C13H16ClN3O2/c1-18-8-9-19-7-6-15-12-10-4-2-3-5-11(10)16-13(14)17-12/h2-5H,6-9H2,1H3,(H,15,16,17). The van der Waals surface area contributed by atoms with Crippen molar-refractivity contribution in [2.75, 3.05) is 38.8 Å². The monoisotopic (exact) mass is 281 g/mol. The summed E-state index contributed by atoms with van der Waals surface area (Å²) in [5, 5.41) is 4.39. The number of nitrogens with one attached hydrogen (secondary N) is 1. The van der Waals surface area contributed by atoms with Crippen LogP contribution < -0.4 is 5.32 Å². The van der Waals surface area contributed by atoms with Crippen molar-refractivity contribution in [3.63, 3.8) is 0 Å². The summed E-state index contributed by atoms with van der Waals surface area (Å²) in [6, 6.07) is 7.73. The lowest BCUT2D eigenvalue weighted by Crippen LogP contribution is -2.13. The SMILES string of the molecule is COCCOCCNc1nc(Cl)nc2ccccc12. The van der Waals surface area contributed by atoms with Gasteiger partial charge in [-0.2, -0.15) is 0 Å². The summed E-state index contributed by atoms with van der Waals surface area (Å²) in [6.07, 6.45) is 0. The molecule has 1 heterocycles. The summed E-state index contributed by atoms with van der Waals surface area (Å²) < 4.78 is 10.3. The average Bonchev–Trinajstić information content (AvgIpc) is 2.42. The minimum atomic E-state index is 0.238. The number of rotatable bonds is 7. The first kappa shape index (κ1) is 14.0. The van der Waals surface area contributed by atoms with Crippen molar-refractivity contribution in [2.45, 2.75) is 0 Å². The first-order valence-electron chi connectivity index (χ1n) is 6.04. The zero-order chi connectivity index (χ0) is 13.5. The van der Waals surface area contributed by atoms with Gasteiger partial charge in [0.1, 0.15) is 5.82 Å². The van der Waals surface area contributed by atoms with E-state index in [0.29, 0.717) is 26.4 Å². The van der Waals surface area contributed by atoms with E-state index in [0.717, 1.165) is 16.7 Å². The second-order valence-electron chi connectivity index (χ2n) is 3.89.